The average molecular weight is 218 g/mol. The molecule has 0 aromatic carbocycles. The van der Waals surface area contributed by atoms with E-state index < -0.39 is 5.69 Å². The highest BCUT2D eigenvalue weighted by Crippen LogP contribution is 2.20. The largest absolute Gasteiger partial charge is 0.461 e. The molecule has 2 heterocycles. The molecule has 0 aliphatic heterocycles. The van der Waals surface area contributed by atoms with Crippen LogP contribution >= 0.6 is 0 Å². The van der Waals surface area contributed by atoms with Gasteiger partial charge in [0.05, 0.1) is 5.56 Å². The highest BCUT2D eigenvalue weighted by molar-refractivity contribution is 5.55. The van der Waals surface area contributed by atoms with Crippen molar-refractivity contribution in [2.75, 3.05) is 0 Å². The van der Waals surface area contributed by atoms with Gasteiger partial charge in [0.25, 0.3) is 0 Å². The van der Waals surface area contributed by atoms with Crippen molar-refractivity contribution in [3.8, 4) is 11.3 Å². The minimum Gasteiger partial charge on any atom is -0.461 e. The van der Waals surface area contributed by atoms with Crippen molar-refractivity contribution in [3.05, 3.63) is 40.8 Å². The summed E-state index contributed by atoms with van der Waals surface area (Å²) < 4.78 is 5.49. The van der Waals surface area contributed by atoms with Gasteiger partial charge in [-0.15, -0.1) is 0 Å². The van der Waals surface area contributed by atoms with Crippen LogP contribution in [0.1, 0.15) is 12.2 Å². The van der Waals surface area contributed by atoms with Crippen LogP contribution in [0.4, 0.5) is 0 Å². The molecule has 0 spiro atoms. The Morgan fingerprint density at radius 3 is 3.00 bits per heavy atom. The third kappa shape index (κ3) is 2.25. The Morgan fingerprint density at radius 2 is 2.31 bits per heavy atom. The number of aromatic amines is 1. The fourth-order valence-corrected chi connectivity index (χ4v) is 1.35. The second kappa shape index (κ2) is 4.57. The molecule has 0 fully saturated rings. The van der Waals surface area contributed by atoms with E-state index in [4.69, 9.17) is 4.42 Å². The van der Waals surface area contributed by atoms with Crippen molar-refractivity contribution < 1.29 is 9.21 Å². The standard InChI is InChI=1S/C11H10N2O3/c14-5-1-2-9-3-4-10(16-9)8-6-12-11(15)13-7-8/h3-7H,1-2H2,(H,12,13,15). The Balaban J connectivity index is 2.21. The van der Waals surface area contributed by atoms with E-state index in [2.05, 4.69) is 9.97 Å². The summed E-state index contributed by atoms with van der Waals surface area (Å²) in [4.78, 5) is 27.0. The monoisotopic (exact) mass is 218 g/mol. The Kier molecular flexibility index (Phi) is 2.95. The lowest BCUT2D eigenvalue weighted by atomic mass is 10.2. The van der Waals surface area contributed by atoms with Gasteiger partial charge in [-0.05, 0) is 12.1 Å². The molecule has 0 aliphatic carbocycles. The van der Waals surface area contributed by atoms with Crippen LogP contribution in [-0.2, 0) is 11.2 Å². The van der Waals surface area contributed by atoms with E-state index >= 15 is 0 Å². The molecule has 5 nitrogen and oxygen atoms in total. The number of aromatic nitrogens is 2. The van der Waals surface area contributed by atoms with E-state index in [1.807, 2.05) is 6.07 Å². The summed E-state index contributed by atoms with van der Waals surface area (Å²) in [5, 5.41) is 0. The highest BCUT2D eigenvalue weighted by atomic mass is 16.3. The number of carbonyl (C=O) groups is 1. The van der Waals surface area contributed by atoms with E-state index in [0.29, 0.717) is 24.2 Å². The molecule has 2 aromatic heterocycles. The second-order valence-corrected chi connectivity index (χ2v) is 3.28. The quantitative estimate of drug-likeness (QED) is 0.781. The molecular weight excluding hydrogens is 208 g/mol. The zero-order valence-electron chi connectivity index (χ0n) is 8.47. The number of nitrogens with zero attached hydrogens (tertiary/aromatic N) is 1. The summed E-state index contributed by atoms with van der Waals surface area (Å²) in [6.07, 6.45) is 4.86. The molecule has 2 rings (SSSR count). The number of aryl methyl sites for hydroxylation is 1. The Labute approximate surface area is 91.1 Å². The summed E-state index contributed by atoms with van der Waals surface area (Å²) in [5.74, 6) is 1.37. The number of hydrogen-bond acceptors (Lipinski definition) is 4. The molecule has 0 unspecified atom stereocenters. The predicted octanol–water partition coefficient (Wildman–Crippen LogP) is 1.16. The molecule has 2 aromatic rings. The van der Waals surface area contributed by atoms with Gasteiger partial charge in [-0.1, -0.05) is 0 Å². The van der Waals surface area contributed by atoms with Gasteiger partial charge in [0.2, 0.25) is 0 Å². The number of H-pyrrole nitrogens is 1. The van der Waals surface area contributed by atoms with Gasteiger partial charge in [0, 0.05) is 25.2 Å². The van der Waals surface area contributed by atoms with E-state index in [9.17, 15) is 9.59 Å². The van der Waals surface area contributed by atoms with E-state index in [1.165, 1.54) is 12.4 Å². The van der Waals surface area contributed by atoms with Gasteiger partial charge in [0.15, 0.2) is 0 Å². The summed E-state index contributed by atoms with van der Waals surface area (Å²) in [7, 11) is 0. The van der Waals surface area contributed by atoms with Crippen molar-refractivity contribution in [2.45, 2.75) is 12.8 Å². The first-order chi connectivity index (χ1) is 7.79. The fraction of sp³-hybridized carbons (Fsp3) is 0.182. The smallest absolute Gasteiger partial charge is 0.344 e. The molecule has 0 atom stereocenters. The zero-order chi connectivity index (χ0) is 11.4. The van der Waals surface area contributed by atoms with Crippen LogP contribution in [0.2, 0.25) is 0 Å². The van der Waals surface area contributed by atoms with Crippen LogP contribution in [0.25, 0.3) is 11.3 Å². The number of aldehydes is 1. The second-order valence-electron chi connectivity index (χ2n) is 3.28. The average Bonchev–Trinajstić information content (AvgIpc) is 2.76. The molecule has 0 bridgehead atoms. The summed E-state index contributed by atoms with van der Waals surface area (Å²) in [6, 6.07) is 3.60. The SMILES string of the molecule is O=CCCc1ccc(-c2cnc(=O)[nH]c2)o1. The van der Waals surface area contributed by atoms with E-state index in [1.54, 1.807) is 6.07 Å². The molecular formula is C11H10N2O3. The van der Waals surface area contributed by atoms with Gasteiger partial charge < -0.3 is 14.2 Å². The van der Waals surface area contributed by atoms with Crippen LogP contribution in [0, 0.1) is 0 Å². The van der Waals surface area contributed by atoms with Gasteiger partial charge in [-0.25, -0.2) is 9.78 Å². The van der Waals surface area contributed by atoms with Crippen LogP contribution in [0.5, 0.6) is 0 Å². The third-order valence-corrected chi connectivity index (χ3v) is 2.13. The maximum atomic E-state index is 10.8. The van der Waals surface area contributed by atoms with Crippen molar-refractivity contribution in [1.29, 1.82) is 0 Å². The third-order valence-electron chi connectivity index (χ3n) is 2.13. The molecule has 5 heteroatoms. The number of rotatable bonds is 4. The van der Waals surface area contributed by atoms with Crippen LogP contribution in [0.15, 0.2) is 33.7 Å². The predicted molar refractivity (Wildman–Crippen MR) is 56.9 cm³/mol. The fourth-order valence-electron chi connectivity index (χ4n) is 1.35. The minimum absolute atomic E-state index is 0.392. The maximum Gasteiger partial charge on any atom is 0.344 e. The Hall–Kier alpha value is -2.17. The maximum absolute atomic E-state index is 10.8. The first-order valence-electron chi connectivity index (χ1n) is 4.87. The lowest BCUT2D eigenvalue weighted by Crippen LogP contribution is -2.07. The first-order valence-corrected chi connectivity index (χ1v) is 4.87. The summed E-state index contributed by atoms with van der Waals surface area (Å²) in [6.45, 7) is 0. The Bertz CT molecular complexity index is 522. The van der Waals surface area contributed by atoms with E-state index in [-0.39, 0.29) is 0 Å². The lowest BCUT2D eigenvalue weighted by molar-refractivity contribution is -0.107. The van der Waals surface area contributed by atoms with Gasteiger partial charge in [0.1, 0.15) is 17.8 Å². The number of furan rings is 1. The van der Waals surface area contributed by atoms with Crippen molar-refractivity contribution in [2.24, 2.45) is 0 Å². The lowest BCUT2D eigenvalue weighted by Gasteiger charge is -1.94. The van der Waals surface area contributed by atoms with E-state index in [0.717, 1.165) is 12.0 Å². The van der Waals surface area contributed by atoms with Crippen molar-refractivity contribution in [1.82, 2.24) is 9.97 Å². The molecule has 1 N–H and O–H groups in total. The molecule has 0 saturated heterocycles. The van der Waals surface area contributed by atoms with Crippen LogP contribution < -0.4 is 5.69 Å². The minimum atomic E-state index is -0.392. The summed E-state index contributed by atoms with van der Waals surface area (Å²) in [5.41, 5.74) is 0.313. The van der Waals surface area contributed by atoms with Gasteiger partial charge in [-0.3, -0.25) is 0 Å². The van der Waals surface area contributed by atoms with Gasteiger partial charge in [-0.2, -0.15) is 0 Å². The highest BCUT2D eigenvalue weighted by Gasteiger charge is 2.04. The number of carbonyl (C=O) groups excluding carboxylic acids is 1. The molecule has 82 valence electrons. The molecule has 0 saturated carbocycles. The topological polar surface area (TPSA) is 76.0 Å². The van der Waals surface area contributed by atoms with Crippen molar-refractivity contribution >= 4 is 6.29 Å². The molecule has 16 heavy (non-hydrogen) atoms. The van der Waals surface area contributed by atoms with Crippen molar-refractivity contribution in [3.63, 3.8) is 0 Å². The normalized spacial score (nSPS) is 10.2. The summed E-state index contributed by atoms with van der Waals surface area (Å²) >= 11 is 0. The first kappa shape index (κ1) is 10.4. The Morgan fingerprint density at radius 1 is 1.44 bits per heavy atom. The molecule has 0 amide bonds. The molecule has 0 aliphatic rings. The molecule has 0 radical (unpaired) electrons. The number of nitrogens with one attached hydrogen (secondary N) is 1. The van der Waals surface area contributed by atoms with Crippen LogP contribution in [-0.4, -0.2) is 16.3 Å². The van der Waals surface area contributed by atoms with Gasteiger partial charge >= 0.3 is 5.69 Å². The van der Waals surface area contributed by atoms with Crippen LogP contribution in [0.3, 0.4) is 0 Å². The zero-order valence-corrected chi connectivity index (χ0v) is 8.47. The number of hydrogen-bond donors (Lipinski definition) is 1.